The molecule has 1 aromatic rings. The molecule has 0 aromatic heterocycles. The zero-order chi connectivity index (χ0) is 27.4. The van der Waals surface area contributed by atoms with E-state index in [1.54, 1.807) is 13.8 Å². The number of unbranched alkanes of at least 4 members (excludes halogenated alkanes) is 5. The first-order valence-corrected chi connectivity index (χ1v) is 15.8. The number of carbonyl (C=O) groups excluding carboxylic acids is 1. The van der Waals surface area contributed by atoms with E-state index in [2.05, 4.69) is 36.5 Å². The molecule has 7 heteroatoms. The Labute approximate surface area is 225 Å². The number of rotatable bonds is 15. The molecule has 0 saturated heterocycles. The molecule has 1 amide bonds. The minimum atomic E-state index is -3.39. The van der Waals surface area contributed by atoms with Crippen molar-refractivity contribution in [3.8, 4) is 0 Å². The largest absolute Gasteiger partial charge is 0.444 e. The van der Waals surface area contributed by atoms with Gasteiger partial charge in [0.15, 0.2) is 0 Å². The van der Waals surface area contributed by atoms with E-state index in [1.165, 1.54) is 55.5 Å². The van der Waals surface area contributed by atoms with E-state index in [0.29, 0.717) is 12.8 Å². The third-order valence-electron chi connectivity index (χ3n) is 6.76. The highest BCUT2D eigenvalue weighted by atomic mass is 31.2. The fourth-order valence-corrected chi connectivity index (χ4v) is 6.39. The van der Waals surface area contributed by atoms with Crippen molar-refractivity contribution < 1.29 is 23.1 Å². The molecular formula is C30H50NO5P. The fourth-order valence-electron chi connectivity index (χ4n) is 4.96. The number of nitrogens with one attached hydrogen (secondary N) is 1. The summed E-state index contributed by atoms with van der Waals surface area (Å²) in [7, 11) is -3.39. The molecule has 1 aliphatic carbocycles. The maximum Gasteiger partial charge on any atom is 0.408 e. The Kier molecular flexibility index (Phi) is 12.9. The monoisotopic (exact) mass is 535 g/mol. The lowest BCUT2D eigenvalue weighted by molar-refractivity contribution is 0.0478. The Bertz CT molecular complexity index is 882. The summed E-state index contributed by atoms with van der Waals surface area (Å²) in [5.74, 6) is 1.80. The summed E-state index contributed by atoms with van der Waals surface area (Å²) in [5, 5.41) is 3.09. The molecular weight excluding hydrogens is 485 g/mol. The summed E-state index contributed by atoms with van der Waals surface area (Å²) in [6.07, 6.45) is 12.6. The van der Waals surface area contributed by atoms with Crippen LogP contribution in [0.15, 0.2) is 36.2 Å². The molecule has 1 saturated carbocycles. The third-order valence-corrected chi connectivity index (χ3v) is 8.51. The van der Waals surface area contributed by atoms with Gasteiger partial charge in [0, 0.05) is 5.82 Å². The molecule has 37 heavy (non-hydrogen) atoms. The van der Waals surface area contributed by atoms with Gasteiger partial charge in [-0.25, -0.2) is 4.79 Å². The van der Waals surface area contributed by atoms with Gasteiger partial charge in [0.2, 0.25) is 0 Å². The topological polar surface area (TPSA) is 73.9 Å². The van der Waals surface area contributed by atoms with E-state index in [1.807, 2.05) is 26.8 Å². The Hall–Kier alpha value is -1.62. The summed E-state index contributed by atoms with van der Waals surface area (Å²) in [5.41, 5.74) is 1.36. The van der Waals surface area contributed by atoms with Crippen molar-refractivity contribution in [3.05, 3.63) is 47.3 Å². The normalized spacial score (nSPS) is 20.4. The lowest BCUT2D eigenvalue weighted by atomic mass is 9.91. The van der Waals surface area contributed by atoms with Crippen molar-refractivity contribution in [3.63, 3.8) is 0 Å². The lowest BCUT2D eigenvalue weighted by Gasteiger charge is -2.30. The van der Waals surface area contributed by atoms with E-state index < -0.39 is 24.8 Å². The second-order valence-corrected chi connectivity index (χ2v) is 13.1. The molecule has 1 fully saturated rings. The molecule has 6 nitrogen and oxygen atoms in total. The minimum absolute atomic E-state index is 0.279. The van der Waals surface area contributed by atoms with Crippen LogP contribution >= 0.6 is 7.60 Å². The summed E-state index contributed by atoms with van der Waals surface area (Å²) in [6, 6.07) is 8.96. The first-order valence-electron chi connectivity index (χ1n) is 14.2. The van der Waals surface area contributed by atoms with Crippen LogP contribution in [0.5, 0.6) is 0 Å². The first kappa shape index (κ1) is 31.6. The van der Waals surface area contributed by atoms with Crippen molar-refractivity contribution in [2.24, 2.45) is 0 Å². The highest BCUT2D eigenvalue weighted by molar-refractivity contribution is 7.57. The van der Waals surface area contributed by atoms with Gasteiger partial charge in [-0.05, 0) is 83.8 Å². The zero-order valence-electron chi connectivity index (χ0n) is 24.0. The lowest BCUT2D eigenvalue weighted by Crippen LogP contribution is -2.47. The highest BCUT2D eigenvalue weighted by Gasteiger charge is 2.41. The third kappa shape index (κ3) is 11.3. The molecule has 2 atom stereocenters. The fraction of sp³-hybridized carbons (Fsp3) is 0.700. The van der Waals surface area contributed by atoms with Gasteiger partial charge >= 0.3 is 13.7 Å². The van der Waals surface area contributed by atoms with E-state index in [9.17, 15) is 9.36 Å². The molecule has 2 unspecified atom stereocenters. The van der Waals surface area contributed by atoms with Crippen LogP contribution in [0.2, 0.25) is 0 Å². The van der Waals surface area contributed by atoms with Crippen molar-refractivity contribution in [2.75, 3.05) is 13.2 Å². The molecule has 0 spiro atoms. The van der Waals surface area contributed by atoms with Crippen LogP contribution in [0.1, 0.15) is 116 Å². The number of alkyl carbamates (subject to hydrolysis) is 1. The smallest absolute Gasteiger partial charge is 0.408 e. The Morgan fingerprint density at radius 1 is 1.03 bits per heavy atom. The van der Waals surface area contributed by atoms with Crippen LogP contribution in [0, 0.1) is 0 Å². The Morgan fingerprint density at radius 3 is 2.24 bits per heavy atom. The summed E-state index contributed by atoms with van der Waals surface area (Å²) in [6.45, 7) is 11.9. The second-order valence-electron chi connectivity index (χ2n) is 11.2. The van der Waals surface area contributed by atoms with Gasteiger partial charge in [0.25, 0.3) is 0 Å². The molecule has 0 heterocycles. The van der Waals surface area contributed by atoms with Gasteiger partial charge in [-0.3, -0.25) is 4.57 Å². The van der Waals surface area contributed by atoms with Crippen molar-refractivity contribution in [2.45, 2.75) is 123 Å². The van der Waals surface area contributed by atoms with Crippen LogP contribution < -0.4 is 5.32 Å². The highest BCUT2D eigenvalue weighted by Crippen LogP contribution is 2.51. The van der Waals surface area contributed by atoms with E-state index in [-0.39, 0.29) is 19.1 Å². The number of hydrogen-bond donors (Lipinski definition) is 1. The van der Waals surface area contributed by atoms with E-state index >= 15 is 0 Å². The van der Waals surface area contributed by atoms with Gasteiger partial charge in [0.1, 0.15) is 5.60 Å². The molecule has 210 valence electrons. The Morgan fingerprint density at radius 2 is 1.65 bits per heavy atom. The van der Waals surface area contributed by atoms with Gasteiger partial charge in [-0.15, -0.1) is 0 Å². The molecule has 0 aliphatic heterocycles. The minimum Gasteiger partial charge on any atom is -0.444 e. The van der Waals surface area contributed by atoms with Crippen molar-refractivity contribution >= 4 is 13.7 Å². The SMILES string of the molecule is CCCCCCCCc1ccc(C2CCC(/C=C/P(=O)(OCC)OCC)(NC(=O)OC(C)(C)C)C2)cc1. The number of ether oxygens (including phenoxy) is 1. The van der Waals surface area contributed by atoms with Crippen molar-refractivity contribution in [1.29, 1.82) is 0 Å². The number of benzene rings is 1. The van der Waals surface area contributed by atoms with Crippen LogP contribution in [0.25, 0.3) is 0 Å². The van der Waals surface area contributed by atoms with Crippen LogP contribution in [-0.4, -0.2) is 30.4 Å². The molecule has 2 rings (SSSR count). The number of amides is 1. The average Bonchev–Trinajstić information content (AvgIpc) is 3.24. The van der Waals surface area contributed by atoms with Gasteiger partial charge in [0.05, 0.1) is 18.8 Å². The maximum atomic E-state index is 13.1. The van der Waals surface area contributed by atoms with Gasteiger partial charge in [-0.2, -0.15) is 0 Å². The molecule has 1 aliphatic rings. The molecule has 0 radical (unpaired) electrons. The first-order chi connectivity index (χ1) is 17.5. The maximum absolute atomic E-state index is 13.1. The van der Waals surface area contributed by atoms with Crippen molar-refractivity contribution in [1.82, 2.24) is 5.32 Å². The molecule has 0 bridgehead atoms. The van der Waals surface area contributed by atoms with Gasteiger partial charge < -0.3 is 19.1 Å². The van der Waals surface area contributed by atoms with Crippen LogP contribution in [-0.2, 0) is 24.8 Å². The summed E-state index contributed by atoms with van der Waals surface area (Å²) >= 11 is 0. The van der Waals surface area contributed by atoms with Gasteiger partial charge in [-0.1, -0.05) is 69.4 Å². The van der Waals surface area contributed by atoms with Crippen LogP contribution in [0.3, 0.4) is 0 Å². The summed E-state index contributed by atoms with van der Waals surface area (Å²) in [4.78, 5) is 12.8. The van der Waals surface area contributed by atoms with E-state index in [0.717, 1.165) is 12.8 Å². The quantitative estimate of drug-likeness (QED) is 0.179. The Balaban J connectivity index is 2.12. The predicted molar refractivity (Wildman–Crippen MR) is 152 cm³/mol. The zero-order valence-corrected chi connectivity index (χ0v) is 24.9. The predicted octanol–water partition coefficient (Wildman–Crippen LogP) is 8.90. The number of carbonyl (C=O) groups is 1. The van der Waals surface area contributed by atoms with E-state index in [4.69, 9.17) is 13.8 Å². The molecule has 1 aromatic carbocycles. The molecule has 1 N–H and O–H groups in total. The summed E-state index contributed by atoms with van der Waals surface area (Å²) < 4.78 is 29.6. The average molecular weight is 536 g/mol. The number of hydrogen-bond acceptors (Lipinski definition) is 5. The number of aryl methyl sites for hydroxylation is 1. The second kappa shape index (κ2) is 15.1. The van der Waals surface area contributed by atoms with Crippen LogP contribution in [0.4, 0.5) is 4.79 Å². The standard InChI is InChI=1S/C30H50NO5P/c1-7-10-11-12-13-14-15-25-16-18-26(19-17-25)27-20-21-30(24-27,31-28(32)36-29(4,5)6)22-23-37(33,34-8-2)35-9-3/h16-19,22-23,27H,7-15,20-21,24H2,1-6H3,(H,31,32)/b23-22+.